The molecule has 9 heteroatoms. The van der Waals surface area contributed by atoms with Crippen LogP contribution in [0.1, 0.15) is 41.3 Å². The van der Waals surface area contributed by atoms with Crippen molar-refractivity contribution in [3.8, 4) is 17.2 Å². The third kappa shape index (κ3) is 6.28. The topological polar surface area (TPSA) is 103 Å². The number of nitrogens with one attached hydrogen (secondary N) is 2. The lowest BCUT2D eigenvalue weighted by Gasteiger charge is -2.16. The van der Waals surface area contributed by atoms with Crippen molar-refractivity contribution in [2.24, 2.45) is 0 Å². The Kier molecular flexibility index (Phi) is 8.82. The van der Waals surface area contributed by atoms with Crippen LogP contribution in [0.15, 0.2) is 65.6 Å². The van der Waals surface area contributed by atoms with Crippen LogP contribution in [0, 0.1) is 0 Å². The van der Waals surface area contributed by atoms with Crippen molar-refractivity contribution in [3.63, 3.8) is 0 Å². The summed E-state index contributed by atoms with van der Waals surface area (Å²) >= 11 is 0. The van der Waals surface area contributed by atoms with Gasteiger partial charge in [0.15, 0.2) is 11.5 Å². The van der Waals surface area contributed by atoms with E-state index < -0.39 is 10.0 Å². The summed E-state index contributed by atoms with van der Waals surface area (Å²) in [6.45, 7) is 4.28. The maximum absolute atomic E-state index is 13.2. The molecule has 0 aliphatic rings. The molecule has 0 aliphatic carbocycles. The summed E-state index contributed by atoms with van der Waals surface area (Å²) in [6, 6.07) is 16.8. The number of hydrogen-bond donors (Lipinski definition) is 2. The molecule has 2 N–H and O–H groups in total. The highest BCUT2D eigenvalue weighted by atomic mass is 32.2. The minimum atomic E-state index is -3.94. The highest BCUT2D eigenvalue weighted by Crippen LogP contribution is 2.30. The Hall–Kier alpha value is -3.72. The Morgan fingerprint density at radius 1 is 0.861 bits per heavy atom. The predicted molar refractivity (Wildman–Crippen MR) is 140 cm³/mol. The first-order valence-corrected chi connectivity index (χ1v) is 13.0. The monoisotopic (exact) mass is 512 g/mol. The third-order valence-corrected chi connectivity index (χ3v) is 7.06. The van der Waals surface area contributed by atoms with Gasteiger partial charge in [-0.05, 0) is 65.9 Å². The van der Waals surface area contributed by atoms with E-state index in [0.717, 1.165) is 11.1 Å². The standard InChI is InChI=1S/C27H32N2O6S/c1-18(2)22-17-20(11-13-24(22)33-3)36(31,32)29-23-9-7-6-8-21(23)27(30)28-15-14-19-10-12-25(34-4)26(16-19)35-5/h6-13,16-18,29H,14-15H2,1-5H3,(H,28,30). The average Bonchev–Trinajstić information content (AvgIpc) is 2.88. The number of carbonyl (C=O) groups is 1. The summed E-state index contributed by atoms with van der Waals surface area (Å²) in [6.07, 6.45) is 0.559. The van der Waals surface area contributed by atoms with Crippen LogP contribution in [-0.4, -0.2) is 42.2 Å². The number of methoxy groups -OCH3 is 3. The second kappa shape index (κ2) is 11.8. The number of carbonyl (C=O) groups excluding carboxylic acids is 1. The van der Waals surface area contributed by atoms with Crippen molar-refractivity contribution in [2.75, 3.05) is 32.6 Å². The molecule has 0 bridgehead atoms. The van der Waals surface area contributed by atoms with Crippen LogP contribution in [0.4, 0.5) is 5.69 Å². The van der Waals surface area contributed by atoms with Crippen LogP contribution in [0.25, 0.3) is 0 Å². The minimum absolute atomic E-state index is 0.0684. The van der Waals surface area contributed by atoms with Gasteiger partial charge < -0.3 is 19.5 Å². The Morgan fingerprint density at radius 2 is 1.53 bits per heavy atom. The number of anilines is 1. The number of para-hydroxylation sites is 1. The van der Waals surface area contributed by atoms with Gasteiger partial charge in [-0.2, -0.15) is 0 Å². The molecular formula is C27H32N2O6S. The van der Waals surface area contributed by atoms with Gasteiger partial charge in [0.2, 0.25) is 0 Å². The zero-order valence-corrected chi connectivity index (χ0v) is 21.9. The molecule has 0 aromatic heterocycles. The van der Waals surface area contributed by atoms with Gasteiger partial charge in [-0.3, -0.25) is 9.52 Å². The molecule has 1 amide bonds. The third-order valence-electron chi connectivity index (χ3n) is 5.70. The molecule has 0 fully saturated rings. The maximum atomic E-state index is 13.2. The van der Waals surface area contributed by atoms with E-state index in [1.807, 2.05) is 32.0 Å². The zero-order valence-electron chi connectivity index (χ0n) is 21.1. The number of benzene rings is 3. The number of amides is 1. The number of sulfonamides is 1. The van der Waals surface area contributed by atoms with Gasteiger partial charge in [0.1, 0.15) is 5.75 Å². The van der Waals surface area contributed by atoms with Gasteiger partial charge in [0.05, 0.1) is 37.5 Å². The molecule has 0 heterocycles. The SMILES string of the molecule is COc1ccc(CCNC(=O)c2ccccc2NS(=O)(=O)c2ccc(OC)c(C(C)C)c2)cc1OC. The van der Waals surface area contributed by atoms with E-state index in [1.54, 1.807) is 57.7 Å². The highest BCUT2D eigenvalue weighted by molar-refractivity contribution is 7.92. The smallest absolute Gasteiger partial charge is 0.261 e. The summed E-state index contributed by atoms with van der Waals surface area (Å²) in [5.74, 6) is 1.55. The molecule has 0 radical (unpaired) electrons. The Morgan fingerprint density at radius 3 is 2.19 bits per heavy atom. The number of ether oxygens (including phenoxy) is 3. The van der Waals surface area contributed by atoms with E-state index in [2.05, 4.69) is 10.0 Å². The number of hydrogen-bond acceptors (Lipinski definition) is 6. The number of rotatable bonds is 11. The van der Waals surface area contributed by atoms with Crippen LogP contribution < -0.4 is 24.2 Å². The minimum Gasteiger partial charge on any atom is -0.496 e. The van der Waals surface area contributed by atoms with Crippen LogP contribution in [-0.2, 0) is 16.4 Å². The molecule has 0 saturated heterocycles. The van der Waals surface area contributed by atoms with E-state index >= 15 is 0 Å². The lowest BCUT2D eigenvalue weighted by atomic mass is 10.0. The quantitative estimate of drug-likeness (QED) is 0.389. The first kappa shape index (κ1) is 26.9. The van der Waals surface area contributed by atoms with Gasteiger partial charge in [-0.15, -0.1) is 0 Å². The molecule has 3 aromatic rings. The van der Waals surface area contributed by atoms with Crippen LogP contribution in [0.2, 0.25) is 0 Å². The van der Waals surface area contributed by atoms with Crippen LogP contribution in [0.3, 0.4) is 0 Å². The zero-order chi connectivity index (χ0) is 26.3. The Balaban J connectivity index is 1.74. The van der Waals surface area contributed by atoms with Crippen molar-refractivity contribution in [1.29, 1.82) is 0 Å². The second-order valence-corrected chi connectivity index (χ2v) is 10.1. The molecule has 8 nitrogen and oxygen atoms in total. The van der Waals surface area contributed by atoms with Crippen LogP contribution in [0.5, 0.6) is 17.2 Å². The first-order chi connectivity index (χ1) is 17.2. The molecule has 3 rings (SSSR count). The van der Waals surface area contributed by atoms with Gasteiger partial charge in [0, 0.05) is 6.54 Å². The molecule has 0 saturated carbocycles. The van der Waals surface area contributed by atoms with E-state index in [1.165, 1.54) is 6.07 Å². The van der Waals surface area contributed by atoms with Crippen LogP contribution >= 0.6 is 0 Å². The highest BCUT2D eigenvalue weighted by Gasteiger charge is 2.21. The molecule has 3 aromatic carbocycles. The molecule has 0 spiro atoms. The van der Waals surface area contributed by atoms with Gasteiger partial charge in [-0.25, -0.2) is 8.42 Å². The lowest BCUT2D eigenvalue weighted by Crippen LogP contribution is -2.27. The Labute approximate surface area is 212 Å². The van der Waals surface area contributed by atoms with Crippen molar-refractivity contribution >= 4 is 21.6 Å². The van der Waals surface area contributed by atoms with Gasteiger partial charge >= 0.3 is 0 Å². The molecule has 0 aliphatic heterocycles. The molecule has 192 valence electrons. The molecule has 0 atom stereocenters. The van der Waals surface area contributed by atoms with Gasteiger partial charge in [0.25, 0.3) is 15.9 Å². The Bertz CT molecular complexity index is 1320. The van der Waals surface area contributed by atoms with Crippen molar-refractivity contribution in [3.05, 3.63) is 77.4 Å². The normalized spacial score (nSPS) is 11.2. The summed E-state index contributed by atoms with van der Waals surface area (Å²) in [5, 5.41) is 2.86. The fourth-order valence-electron chi connectivity index (χ4n) is 3.76. The van der Waals surface area contributed by atoms with Crippen molar-refractivity contribution in [1.82, 2.24) is 5.32 Å². The van der Waals surface area contributed by atoms with Crippen molar-refractivity contribution < 1.29 is 27.4 Å². The fourth-order valence-corrected chi connectivity index (χ4v) is 4.87. The fraction of sp³-hybridized carbons (Fsp3) is 0.296. The van der Waals surface area contributed by atoms with E-state index in [4.69, 9.17) is 14.2 Å². The summed E-state index contributed by atoms with van der Waals surface area (Å²) in [4.78, 5) is 13.0. The molecular weight excluding hydrogens is 480 g/mol. The molecule has 36 heavy (non-hydrogen) atoms. The summed E-state index contributed by atoms with van der Waals surface area (Å²) in [7, 11) is 0.747. The largest absolute Gasteiger partial charge is 0.496 e. The predicted octanol–water partition coefficient (Wildman–Crippen LogP) is 4.61. The second-order valence-electron chi connectivity index (χ2n) is 8.40. The molecule has 0 unspecified atom stereocenters. The van der Waals surface area contributed by atoms with E-state index in [-0.39, 0.29) is 28.0 Å². The lowest BCUT2D eigenvalue weighted by molar-refractivity contribution is 0.0955. The summed E-state index contributed by atoms with van der Waals surface area (Å²) < 4.78 is 44.8. The van der Waals surface area contributed by atoms with E-state index in [0.29, 0.717) is 30.2 Å². The maximum Gasteiger partial charge on any atom is 0.261 e. The van der Waals surface area contributed by atoms with Crippen molar-refractivity contribution in [2.45, 2.75) is 31.1 Å². The van der Waals surface area contributed by atoms with Gasteiger partial charge in [-0.1, -0.05) is 32.0 Å². The van der Waals surface area contributed by atoms with E-state index in [9.17, 15) is 13.2 Å². The average molecular weight is 513 g/mol. The first-order valence-electron chi connectivity index (χ1n) is 11.5. The summed E-state index contributed by atoms with van der Waals surface area (Å²) in [5.41, 5.74) is 2.16.